The van der Waals surface area contributed by atoms with Crippen molar-refractivity contribution in [3.05, 3.63) is 192 Å². The van der Waals surface area contributed by atoms with E-state index >= 15 is 0 Å². The molecule has 246 valence electrons. The van der Waals surface area contributed by atoms with Gasteiger partial charge in [-0.3, -0.25) is 4.99 Å². The lowest BCUT2D eigenvalue weighted by molar-refractivity contribution is 0.673. The maximum Gasteiger partial charge on any atom is 0.145 e. The van der Waals surface area contributed by atoms with Gasteiger partial charge in [-0.15, -0.1) is 11.3 Å². The fraction of sp³-hybridized carbons (Fsp3) is 0.0426. The van der Waals surface area contributed by atoms with Crippen LogP contribution in [-0.4, -0.2) is 10.7 Å². The van der Waals surface area contributed by atoms with E-state index in [0.29, 0.717) is 5.56 Å². The van der Waals surface area contributed by atoms with Crippen molar-refractivity contribution < 1.29 is 0 Å². The first-order chi connectivity index (χ1) is 25.7. The summed E-state index contributed by atoms with van der Waals surface area (Å²) in [6, 6.07) is 59.1. The molecule has 9 rings (SSSR count). The molecule has 0 bridgehead atoms. The molecule has 0 amide bonds. The summed E-state index contributed by atoms with van der Waals surface area (Å²) in [5.41, 5.74) is 12.2. The maximum absolute atomic E-state index is 10.6. The van der Waals surface area contributed by atoms with Crippen molar-refractivity contribution >= 4 is 43.7 Å². The molecule has 0 aliphatic carbocycles. The van der Waals surface area contributed by atoms with E-state index in [1.807, 2.05) is 48.5 Å². The Morgan fingerprint density at radius 1 is 0.596 bits per heavy atom. The average molecular weight is 685 g/mol. The summed E-state index contributed by atoms with van der Waals surface area (Å²) in [4.78, 5) is 11.3. The van der Waals surface area contributed by atoms with Gasteiger partial charge in [-0.05, 0) is 39.4 Å². The molecule has 8 aromatic rings. The van der Waals surface area contributed by atoms with Crippen LogP contribution < -0.4 is 5.32 Å². The fourth-order valence-corrected chi connectivity index (χ4v) is 8.31. The Hall–Kier alpha value is -6.61. The number of nitriles is 1. The first-order valence-electron chi connectivity index (χ1n) is 17.4. The van der Waals surface area contributed by atoms with Gasteiger partial charge in [0.25, 0.3) is 0 Å². The van der Waals surface area contributed by atoms with E-state index < -0.39 is 0 Å². The van der Waals surface area contributed by atoms with E-state index in [4.69, 9.17) is 9.98 Å². The first kappa shape index (κ1) is 31.4. The molecule has 1 unspecified atom stereocenters. The van der Waals surface area contributed by atoms with E-state index in [-0.39, 0.29) is 6.17 Å². The predicted octanol–water partition coefficient (Wildman–Crippen LogP) is 11.8. The molecular formula is C47H32N4S. The van der Waals surface area contributed by atoms with E-state index in [0.717, 1.165) is 88.3 Å². The second kappa shape index (κ2) is 13.6. The number of aliphatic imine (C=N–C) groups is 1. The SMILES string of the molecule is N#Cc1c(-c2ccc(-c3ccc(C4=NC(c5ccccc5)NC(c5ccccc5)=CC4)cc3)cc2)sc2c1c(-c1ccccc1)nc1ccccc12. The molecule has 0 saturated heterocycles. The number of benzene rings is 6. The number of hydrogen-bond acceptors (Lipinski definition) is 5. The van der Waals surface area contributed by atoms with Crippen molar-refractivity contribution in [3.8, 4) is 38.9 Å². The van der Waals surface area contributed by atoms with Crippen LogP contribution in [0.2, 0.25) is 0 Å². The number of fused-ring (bicyclic) bond motifs is 3. The highest BCUT2D eigenvalue weighted by Gasteiger charge is 2.22. The average Bonchev–Trinajstić information content (AvgIpc) is 3.47. The van der Waals surface area contributed by atoms with Crippen LogP contribution in [0.3, 0.4) is 0 Å². The van der Waals surface area contributed by atoms with E-state index in [2.05, 4.69) is 133 Å². The largest absolute Gasteiger partial charge is 0.360 e. The maximum atomic E-state index is 10.6. The van der Waals surface area contributed by atoms with Crippen LogP contribution in [-0.2, 0) is 0 Å². The number of nitrogens with one attached hydrogen (secondary N) is 1. The van der Waals surface area contributed by atoms with Crippen molar-refractivity contribution in [1.29, 1.82) is 5.26 Å². The molecular weight excluding hydrogens is 653 g/mol. The van der Waals surface area contributed by atoms with Gasteiger partial charge in [-0.2, -0.15) is 5.26 Å². The summed E-state index contributed by atoms with van der Waals surface area (Å²) in [6.45, 7) is 0. The highest BCUT2D eigenvalue weighted by atomic mass is 32.1. The summed E-state index contributed by atoms with van der Waals surface area (Å²) in [5.74, 6) is 0. The minimum absolute atomic E-state index is 0.192. The molecule has 1 aliphatic heterocycles. The van der Waals surface area contributed by atoms with Crippen molar-refractivity contribution in [2.24, 2.45) is 4.99 Å². The molecule has 4 nitrogen and oxygen atoms in total. The molecule has 3 heterocycles. The molecule has 5 heteroatoms. The van der Waals surface area contributed by atoms with Crippen molar-refractivity contribution in [2.45, 2.75) is 12.6 Å². The Kier molecular flexibility index (Phi) is 8.21. The Balaban J connectivity index is 1.05. The van der Waals surface area contributed by atoms with Crippen molar-refractivity contribution in [1.82, 2.24) is 10.3 Å². The number of aromatic nitrogens is 1. The van der Waals surface area contributed by atoms with Gasteiger partial charge < -0.3 is 5.32 Å². The second-order valence-electron chi connectivity index (χ2n) is 12.8. The highest BCUT2D eigenvalue weighted by Crippen LogP contribution is 2.45. The van der Waals surface area contributed by atoms with Gasteiger partial charge in [0.2, 0.25) is 0 Å². The zero-order valence-electron chi connectivity index (χ0n) is 28.2. The van der Waals surface area contributed by atoms with Gasteiger partial charge in [0.05, 0.1) is 21.7 Å². The number of pyridine rings is 1. The lowest BCUT2D eigenvalue weighted by Crippen LogP contribution is -2.18. The van der Waals surface area contributed by atoms with Crippen molar-refractivity contribution in [3.63, 3.8) is 0 Å². The van der Waals surface area contributed by atoms with E-state index in [1.54, 1.807) is 11.3 Å². The van der Waals surface area contributed by atoms with Crippen LogP contribution in [0.15, 0.2) is 175 Å². The quantitative estimate of drug-likeness (QED) is 0.190. The Labute approximate surface area is 306 Å². The third-order valence-corrected chi connectivity index (χ3v) is 10.9. The minimum Gasteiger partial charge on any atom is -0.360 e. The van der Waals surface area contributed by atoms with Gasteiger partial charge in [0.15, 0.2) is 0 Å². The lowest BCUT2D eigenvalue weighted by Gasteiger charge is -2.18. The van der Waals surface area contributed by atoms with Gasteiger partial charge in [0.1, 0.15) is 12.2 Å². The number of hydrogen-bond donors (Lipinski definition) is 1. The van der Waals surface area contributed by atoms with E-state index in [9.17, 15) is 5.26 Å². The molecule has 0 fully saturated rings. The molecule has 1 N–H and O–H groups in total. The van der Waals surface area contributed by atoms with Crippen LogP contribution in [0.1, 0.15) is 34.8 Å². The molecule has 6 aromatic carbocycles. The number of allylic oxidation sites excluding steroid dienone is 1. The zero-order valence-corrected chi connectivity index (χ0v) is 29.0. The number of nitrogens with zero attached hydrogens (tertiary/aromatic N) is 3. The van der Waals surface area contributed by atoms with Crippen LogP contribution >= 0.6 is 11.3 Å². The zero-order chi connectivity index (χ0) is 34.9. The molecule has 0 spiro atoms. The Morgan fingerprint density at radius 3 is 1.85 bits per heavy atom. The molecule has 52 heavy (non-hydrogen) atoms. The van der Waals surface area contributed by atoms with E-state index in [1.165, 1.54) is 0 Å². The Bertz CT molecular complexity index is 2650. The molecule has 1 atom stereocenters. The van der Waals surface area contributed by atoms with Crippen molar-refractivity contribution in [2.75, 3.05) is 0 Å². The normalized spacial score (nSPS) is 14.2. The third kappa shape index (κ3) is 5.86. The summed E-state index contributed by atoms with van der Waals surface area (Å²) in [5, 5.41) is 16.2. The minimum atomic E-state index is -0.192. The van der Waals surface area contributed by atoms with Gasteiger partial charge in [-0.25, -0.2) is 4.98 Å². The fourth-order valence-electron chi connectivity index (χ4n) is 7.02. The van der Waals surface area contributed by atoms with Crippen LogP contribution in [0.5, 0.6) is 0 Å². The van der Waals surface area contributed by atoms with Gasteiger partial charge >= 0.3 is 0 Å². The van der Waals surface area contributed by atoms with Gasteiger partial charge in [-0.1, -0.05) is 164 Å². The van der Waals surface area contributed by atoms with Gasteiger partial charge in [0, 0.05) is 38.9 Å². The van der Waals surface area contributed by atoms with Crippen LogP contribution in [0.4, 0.5) is 0 Å². The summed E-state index contributed by atoms with van der Waals surface area (Å²) < 4.78 is 1.09. The predicted molar refractivity (Wildman–Crippen MR) is 216 cm³/mol. The van der Waals surface area contributed by atoms with Crippen LogP contribution in [0.25, 0.3) is 59.5 Å². The molecule has 2 aromatic heterocycles. The molecule has 1 aliphatic rings. The standard InChI is InChI=1S/C47H32N4S/c48-30-39-43-44(35-14-6-2-7-15-35)49-42-19-11-10-18-38(42)46(43)52-45(39)36-26-22-32(23-27-36)31-20-24-34(25-21-31)41-29-28-40(33-12-4-1-5-13-33)50-47(51-41)37-16-8-3-9-17-37/h1-28,47,50H,29H2. The Morgan fingerprint density at radius 2 is 1.17 bits per heavy atom. The third-order valence-electron chi connectivity index (χ3n) is 9.66. The topological polar surface area (TPSA) is 61.1 Å². The second-order valence-corrected chi connectivity index (χ2v) is 13.9. The first-order valence-corrected chi connectivity index (χ1v) is 18.2. The number of thiophene rings is 1. The van der Waals surface area contributed by atoms with Crippen LogP contribution in [0, 0.1) is 11.3 Å². The summed E-state index contributed by atoms with van der Waals surface area (Å²) >= 11 is 1.67. The number of rotatable bonds is 6. The number of para-hydroxylation sites is 1. The smallest absolute Gasteiger partial charge is 0.145 e. The highest BCUT2D eigenvalue weighted by molar-refractivity contribution is 7.23. The molecule has 0 radical (unpaired) electrons. The lowest BCUT2D eigenvalue weighted by atomic mass is 9.98. The molecule has 0 saturated carbocycles. The summed E-state index contributed by atoms with van der Waals surface area (Å²) in [6.07, 6.45) is 2.78. The monoisotopic (exact) mass is 684 g/mol. The summed E-state index contributed by atoms with van der Waals surface area (Å²) in [7, 11) is 0.